The normalized spacial score (nSPS) is 9.62. The SMILES string of the molecule is CCNC(=NCc1ccnc(-n2cccn2)c1)NCC.I. The van der Waals surface area contributed by atoms with E-state index in [-0.39, 0.29) is 24.0 Å². The fourth-order valence-corrected chi connectivity index (χ4v) is 1.77. The van der Waals surface area contributed by atoms with Gasteiger partial charge in [0.25, 0.3) is 0 Å². The Balaban J connectivity index is 0.00000220. The van der Waals surface area contributed by atoms with Gasteiger partial charge in [0.15, 0.2) is 11.8 Å². The number of rotatable bonds is 5. The predicted octanol–water partition coefficient (Wildman–Crippen LogP) is 1.96. The molecule has 0 spiro atoms. The van der Waals surface area contributed by atoms with Crippen LogP contribution < -0.4 is 10.6 Å². The standard InChI is InChI=1S/C14H20N6.HI/c1-3-15-14(16-4-2)18-11-12-6-8-17-13(10-12)20-9-5-7-19-20;/h5-10H,3-4,11H2,1-2H3,(H2,15,16,18);1H. The van der Waals surface area contributed by atoms with Gasteiger partial charge in [-0.2, -0.15) is 5.10 Å². The molecule has 2 N–H and O–H groups in total. The molecule has 0 aliphatic heterocycles. The van der Waals surface area contributed by atoms with Crippen LogP contribution in [0.1, 0.15) is 19.4 Å². The Morgan fingerprint density at radius 3 is 2.62 bits per heavy atom. The molecule has 0 atom stereocenters. The Kier molecular flexibility index (Phi) is 7.73. The molecule has 0 aromatic carbocycles. The third-order valence-electron chi connectivity index (χ3n) is 2.66. The number of nitrogens with one attached hydrogen (secondary N) is 2. The molecule has 0 saturated heterocycles. The second-order valence-corrected chi connectivity index (χ2v) is 4.20. The minimum atomic E-state index is 0. The van der Waals surface area contributed by atoms with Crippen molar-refractivity contribution >= 4 is 29.9 Å². The van der Waals surface area contributed by atoms with Crippen LogP contribution in [-0.4, -0.2) is 33.8 Å². The minimum absolute atomic E-state index is 0. The molecule has 0 bridgehead atoms. The molecule has 7 heteroatoms. The van der Waals surface area contributed by atoms with Gasteiger partial charge in [0.2, 0.25) is 0 Å². The maximum atomic E-state index is 4.53. The lowest BCUT2D eigenvalue weighted by molar-refractivity contribution is 0.829. The van der Waals surface area contributed by atoms with Gasteiger partial charge >= 0.3 is 0 Å². The van der Waals surface area contributed by atoms with Crippen LogP contribution in [0.5, 0.6) is 0 Å². The Morgan fingerprint density at radius 2 is 2.00 bits per heavy atom. The number of pyridine rings is 1. The van der Waals surface area contributed by atoms with E-state index < -0.39 is 0 Å². The highest BCUT2D eigenvalue weighted by Crippen LogP contribution is 2.07. The monoisotopic (exact) mass is 400 g/mol. The fourth-order valence-electron chi connectivity index (χ4n) is 1.77. The molecule has 2 aromatic heterocycles. The molecule has 0 radical (unpaired) electrons. The van der Waals surface area contributed by atoms with Gasteiger partial charge in [0, 0.05) is 31.7 Å². The van der Waals surface area contributed by atoms with Gasteiger partial charge in [-0.3, -0.25) is 0 Å². The second-order valence-electron chi connectivity index (χ2n) is 4.20. The number of guanidine groups is 1. The molecule has 0 unspecified atom stereocenters. The van der Waals surface area contributed by atoms with Crippen molar-refractivity contribution in [3.8, 4) is 5.82 Å². The van der Waals surface area contributed by atoms with Crippen LogP contribution >= 0.6 is 24.0 Å². The molecule has 6 nitrogen and oxygen atoms in total. The molecule has 0 saturated carbocycles. The van der Waals surface area contributed by atoms with Crippen LogP contribution in [-0.2, 0) is 6.54 Å². The molecule has 2 rings (SSSR count). The molecule has 2 aromatic rings. The van der Waals surface area contributed by atoms with Gasteiger partial charge in [-0.15, -0.1) is 24.0 Å². The van der Waals surface area contributed by atoms with E-state index in [0.717, 1.165) is 30.4 Å². The lowest BCUT2D eigenvalue weighted by Gasteiger charge is -2.09. The summed E-state index contributed by atoms with van der Waals surface area (Å²) in [4.78, 5) is 8.84. The summed E-state index contributed by atoms with van der Waals surface area (Å²) < 4.78 is 1.74. The second kappa shape index (κ2) is 9.32. The fraction of sp³-hybridized carbons (Fsp3) is 0.357. The summed E-state index contributed by atoms with van der Waals surface area (Å²) in [6.07, 6.45) is 5.39. The van der Waals surface area contributed by atoms with E-state index in [1.54, 1.807) is 17.1 Å². The zero-order valence-corrected chi connectivity index (χ0v) is 14.6. The van der Waals surface area contributed by atoms with Crippen LogP contribution in [0.4, 0.5) is 0 Å². The zero-order valence-electron chi connectivity index (χ0n) is 12.3. The number of aliphatic imine (C=N–C) groups is 1. The summed E-state index contributed by atoms with van der Waals surface area (Å²) in [6.45, 7) is 6.40. The number of hydrogen-bond donors (Lipinski definition) is 2. The van der Waals surface area contributed by atoms with E-state index in [1.807, 2.05) is 24.4 Å². The summed E-state index contributed by atoms with van der Waals surface area (Å²) in [5.41, 5.74) is 1.10. The zero-order chi connectivity index (χ0) is 14.2. The van der Waals surface area contributed by atoms with Gasteiger partial charge in [-0.25, -0.2) is 14.7 Å². The quantitative estimate of drug-likeness (QED) is 0.458. The Hall–Kier alpha value is -1.64. The topological polar surface area (TPSA) is 67.1 Å². The maximum Gasteiger partial charge on any atom is 0.191 e. The van der Waals surface area contributed by atoms with Crippen LogP contribution in [0.25, 0.3) is 5.82 Å². The van der Waals surface area contributed by atoms with Crippen molar-refractivity contribution in [2.45, 2.75) is 20.4 Å². The lowest BCUT2D eigenvalue weighted by Crippen LogP contribution is -2.36. The summed E-state index contributed by atoms with van der Waals surface area (Å²) in [5, 5.41) is 10.6. The van der Waals surface area contributed by atoms with Gasteiger partial charge in [-0.1, -0.05) is 0 Å². The van der Waals surface area contributed by atoms with Gasteiger partial charge < -0.3 is 10.6 Å². The summed E-state index contributed by atoms with van der Waals surface area (Å²) >= 11 is 0. The molecule has 21 heavy (non-hydrogen) atoms. The number of hydrogen-bond acceptors (Lipinski definition) is 3. The van der Waals surface area contributed by atoms with E-state index in [9.17, 15) is 0 Å². The van der Waals surface area contributed by atoms with Crippen LogP contribution in [0.3, 0.4) is 0 Å². The Labute approximate surface area is 142 Å². The van der Waals surface area contributed by atoms with Crippen molar-refractivity contribution in [1.82, 2.24) is 25.4 Å². The first kappa shape index (κ1) is 17.4. The first-order chi connectivity index (χ1) is 9.83. The molecule has 0 aliphatic carbocycles. The average Bonchev–Trinajstić information content (AvgIpc) is 3.00. The van der Waals surface area contributed by atoms with E-state index in [0.29, 0.717) is 6.54 Å². The Bertz CT molecular complexity index is 544. The number of nitrogens with zero attached hydrogens (tertiary/aromatic N) is 4. The largest absolute Gasteiger partial charge is 0.357 e. The summed E-state index contributed by atoms with van der Waals surface area (Å²) in [7, 11) is 0. The highest BCUT2D eigenvalue weighted by Gasteiger charge is 2.00. The molecule has 0 aliphatic rings. The van der Waals surface area contributed by atoms with Crippen LogP contribution in [0.15, 0.2) is 41.8 Å². The molecule has 114 valence electrons. The predicted molar refractivity (Wildman–Crippen MR) is 95.3 cm³/mol. The molecular weight excluding hydrogens is 379 g/mol. The lowest BCUT2D eigenvalue weighted by atomic mass is 10.2. The average molecular weight is 400 g/mol. The van der Waals surface area contributed by atoms with E-state index in [1.165, 1.54) is 0 Å². The van der Waals surface area contributed by atoms with Crippen molar-refractivity contribution in [1.29, 1.82) is 0 Å². The molecular formula is C14H21IN6. The molecule has 2 heterocycles. The van der Waals surface area contributed by atoms with E-state index in [4.69, 9.17) is 0 Å². The van der Waals surface area contributed by atoms with Crippen molar-refractivity contribution in [2.24, 2.45) is 4.99 Å². The summed E-state index contributed by atoms with van der Waals surface area (Å²) in [6, 6.07) is 5.83. The van der Waals surface area contributed by atoms with Crippen molar-refractivity contribution in [3.05, 3.63) is 42.4 Å². The third-order valence-corrected chi connectivity index (χ3v) is 2.66. The maximum absolute atomic E-state index is 4.53. The summed E-state index contributed by atoms with van der Waals surface area (Å²) in [5.74, 6) is 1.63. The molecule has 0 amide bonds. The van der Waals surface area contributed by atoms with Crippen molar-refractivity contribution in [2.75, 3.05) is 13.1 Å². The Morgan fingerprint density at radius 1 is 1.24 bits per heavy atom. The first-order valence-electron chi connectivity index (χ1n) is 6.80. The number of halogens is 1. The van der Waals surface area contributed by atoms with E-state index in [2.05, 4.69) is 39.6 Å². The minimum Gasteiger partial charge on any atom is -0.357 e. The van der Waals surface area contributed by atoms with Crippen LogP contribution in [0.2, 0.25) is 0 Å². The van der Waals surface area contributed by atoms with Gasteiger partial charge in [0.1, 0.15) is 0 Å². The number of aromatic nitrogens is 3. The van der Waals surface area contributed by atoms with Gasteiger partial charge in [0.05, 0.1) is 6.54 Å². The van der Waals surface area contributed by atoms with Gasteiger partial charge in [-0.05, 0) is 37.6 Å². The van der Waals surface area contributed by atoms with Crippen LogP contribution in [0, 0.1) is 0 Å². The first-order valence-corrected chi connectivity index (χ1v) is 6.80. The smallest absolute Gasteiger partial charge is 0.191 e. The van der Waals surface area contributed by atoms with Crippen molar-refractivity contribution < 1.29 is 0 Å². The highest BCUT2D eigenvalue weighted by atomic mass is 127. The van der Waals surface area contributed by atoms with Crippen molar-refractivity contribution in [3.63, 3.8) is 0 Å². The van der Waals surface area contributed by atoms with E-state index >= 15 is 0 Å². The third kappa shape index (κ3) is 5.33. The highest BCUT2D eigenvalue weighted by molar-refractivity contribution is 14.0. The molecule has 0 fully saturated rings.